The number of anilines is 1. The van der Waals surface area contributed by atoms with Gasteiger partial charge < -0.3 is 10.0 Å². The van der Waals surface area contributed by atoms with Crippen LogP contribution in [0.4, 0.5) is 5.82 Å². The number of fused-ring (bicyclic) bond motifs is 1. The monoisotopic (exact) mass is 257 g/mol. The lowest BCUT2D eigenvalue weighted by Gasteiger charge is -2.31. The minimum atomic E-state index is -0.691. The van der Waals surface area contributed by atoms with Crippen molar-refractivity contribution in [2.45, 2.75) is 12.8 Å². The van der Waals surface area contributed by atoms with Gasteiger partial charge >= 0.3 is 5.97 Å². The molecule has 5 heteroatoms. The van der Waals surface area contributed by atoms with Crippen molar-refractivity contribution in [1.82, 2.24) is 10.2 Å². The molecule has 1 aromatic heterocycles. The maximum atomic E-state index is 11.0. The number of piperidine rings is 1. The minimum Gasteiger partial charge on any atom is -0.481 e. The fourth-order valence-corrected chi connectivity index (χ4v) is 2.58. The van der Waals surface area contributed by atoms with Gasteiger partial charge in [0.25, 0.3) is 0 Å². The van der Waals surface area contributed by atoms with Crippen molar-refractivity contribution in [2.75, 3.05) is 18.0 Å². The highest BCUT2D eigenvalue weighted by molar-refractivity contribution is 5.91. The van der Waals surface area contributed by atoms with Crippen molar-refractivity contribution < 1.29 is 9.90 Å². The Morgan fingerprint density at radius 2 is 2.00 bits per heavy atom. The van der Waals surface area contributed by atoms with Gasteiger partial charge in [0.05, 0.1) is 12.1 Å². The zero-order chi connectivity index (χ0) is 13.2. The second-order valence-electron chi connectivity index (χ2n) is 4.85. The first-order valence-corrected chi connectivity index (χ1v) is 6.44. The van der Waals surface area contributed by atoms with Crippen molar-refractivity contribution in [3.8, 4) is 0 Å². The second kappa shape index (κ2) is 4.84. The molecule has 1 fully saturated rings. The topological polar surface area (TPSA) is 66.3 Å². The molecular formula is C14H15N3O2. The number of benzene rings is 1. The number of aromatic nitrogens is 2. The van der Waals surface area contributed by atoms with Gasteiger partial charge in [-0.05, 0) is 12.8 Å². The van der Waals surface area contributed by atoms with E-state index in [4.69, 9.17) is 5.11 Å². The molecule has 0 aliphatic carbocycles. The largest absolute Gasteiger partial charge is 0.481 e. The molecule has 2 aromatic rings. The number of nitrogens with zero attached hydrogens (tertiary/aromatic N) is 3. The number of hydrogen-bond donors (Lipinski definition) is 1. The van der Waals surface area contributed by atoms with Crippen LogP contribution in [0.15, 0.2) is 30.5 Å². The number of hydrogen-bond acceptors (Lipinski definition) is 4. The molecule has 0 atom stereocenters. The van der Waals surface area contributed by atoms with E-state index in [9.17, 15) is 4.79 Å². The predicted octanol–water partition coefficient (Wildman–Crippen LogP) is 1.93. The highest BCUT2D eigenvalue weighted by Crippen LogP contribution is 2.27. The fraction of sp³-hybridized carbons (Fsp3) is 0.357. The number of carboxylic acids is 1. The van der Waals surface area contributed by atoms with Crippen molar-refractivity contribution in [1.29, 1.82) is 0 Å². The first kappa shape index (κ1) is 11.9. The van der Waals surface area contributed by atoms with E-state index < -0.39 is 5.97 Å². The standard InChI is InChI=1S/C14H15N3O2/c18-14(19)10-5-7-17(8-6-10)13-12-4-2-1-3-11(12)9-15-16-13/h1-4,9-10H,5-8H2,(H,18,19). The lowest BCUT2D eigenvalue weighted by atomic mass is 9.97. The molecular weight excluding hydrogens is 242 g/mol. The molecule has 2 heterocycles. The summed E-state index contributed by atoms with van der Waals surface area (Å²) in [5.74, 6) is -0.0511. The average Bonchev–Trinajstić information content (AvgIpc) is 2.47. The van der Waals surface area contributed by atoms with Gasteiger partial charge in [-0.1, -0.05) is 24.3 Å². The summed E-state index contributed by atoms with van der Waals surface area (Å²) in [5, 5.41) is 19.4. The van der Waals surface area contributed by atoms with Gasteiger partial charge in [0.15, 0.2) is 5.82 Å². The molecule has 0 radical (unpaired) electrons. The van der Waals surface area contributed by atoms with Gasteiger partial charge in [-0.15, -0.1) is 5.10 Å². The van der Waals surface area contributed by atoms with Gasteiger partial charge in [-0.25, -0.2) is 0 Å². The third-order valence-corrected chi connectivity index (χ3v) is 3.69. The van der Waals surface area contributed by atoms with Gasteiger partial charge in [0.1, 0.15) is 0 Å². The Balaban J connectivity index is 1.88. The van der Waals surface area contributed by atoms with Crippen LogP contribution in [0.3, 0.4) is 0 Å². The van der Waals surface area contributed by atoms with Crippen LogP contribution in [-0.4, -0.2) is 34.4 Å². The molecule has 98 valence electrons. The molecule has 0 bridgehead atoms. The highest BCUT2D eigenvalue weighted by Gasteiger charge is 2.25. The highest BCUT2D eigenvalue weighted by atomic mass is 16.4. The summed E-state index contributed by atoms with van der Waals surface area (Å²) in [6.07, 6.45) is 3.09. The number of aliphatic carboxylic acids is 1. The van der Waals surface area contributed by atoms with E-state index in [0.29, 0.717) is 12.8 Å². The van der Waals surface area contributed by atoms with E-state index in [0.717, 1.165) is 29.7 Å². The Bertz CT molecular complexity index is 601. The summed E-state index contributed by atoms with van der Waals surface area (Å²) in [4.78, 5) is 13.1. The summed E-state index contributed by atoms with van der Waals surface area (Å²) in [6.45, 7) is 1.44. The Morgan fingerprint density at radius 3 is 2.74 bits per heavy atom. The minimum absolute atomic E-state index is 0.223. The van der Waals surface area contributed by atoms with Gasteiger partial charge in [0.2, 0.25) is 0 Å². The van der Waals surface area contributed by atoms with Crippen molar-refractivity contribution in [3.63, 3.8) is 0 Å². The van der Waals surface area contributed by atoms with Gasteiger partial charge in [-0.2, -0.15) is 5.10 Å². The SMILES string of the molecule is O=C(O)C1CCN(c2nncc3ccccc23)CC1. The zero-order valence-corrected chi connectivity index (χ0v) is 10.5. The third kappa shape index (κ3) is 2.23. The first-order valence-electron chi connectivity index (χ1n) is 6.44. The van der Waals surface area contributed by atoms with Crippen LogP contribution < -0.4 is 4.90 Å². The summed E-state index contributed by atoms with van der Waals surface area (Å²) >= 11 is 0. The van der Waals surface area contributed by atoms with E-state index in [1.54, 1.807) is 6.20 Å². The van der Waals surface area contributed by atoms with Crippen LogP contribution in [-0.2, 0) is 4.79 Å². The molecule has 0 amide bonds. The van der Waals surface area contributed by atoms with Crippen LogP contribution in [0.2, 0.25) is 0 Å². The molecule has 0 saturated carbocycles. The summed E-state index contributed by atoms with van der Waals surface area (Å²) in [7, 11) is 0. The number of carboxylic acid groups (broad SMARTS) is 1. The van der Waals surface area contributed by atoms with E-state index >= 15 is 0 Å². The first-order chi connectivity index (χ1) is 9.25. The van der Waals surface area contributed by atoms with E-state index in [2.05, 4.69) is 15.1 Å². The van der Waals surface area contributed by atoms with Crippen molar-refractivity contribution >= 4 is 22.6 Å². The predicted molar refractivity (Wildman–Crippen MR) is 72.1 cm³/mol. The van der Waals surface area contributed by atoms with Crippen LogP contribution in [0.1, 0.15) is 12.8 Å². The molecule has 5 nitrogen and oxygen atoms in total. The smallest absolute Gasteiger partial charge is 0.306 e. The van der Waals surface area contributed by atoms with Crippen LogP contribution in [0.25, 0.3) is 10.8 Å². The molecule has 1 aliphatic rings. The Labute approximate surface area is 110 Å². The molecule has 1 N–H and O–H groups in total. The lowest BCUT2D eigenvalue weighted by Crippen LogP contribution is -2.37. The van der Waals surface area contributed by atoms with E-state index in [-0.39, 0.29) is 5.92 Å². The Morgan fingerprint density at radius 1 is 1.26 bits per heavy atom. The fourth-order valence-electron chi connectivity index (χ4n) is 2.58. The third-order valence-electron chi connectivity index (χ3n) is 3.69. The zero-order valence-electron chi connectivity index (χ0n) is 10.5. The quantitative estimate of drug-likeness (QED) is 0.890. The van der Waals surface area contributed by atoms with Crippen molar-refractivity contribution in [2.24, 2.45) is 5.92 Å². The Hall–Kier alpha value is -2.17. The lowest BCUT2D eigenvalue weighted by molar-refractivity contribution is -0.142. The van der Waals surface area contributed by atoms with Crippen LogP contribution >= 0.6 is 0 Å². The maximum absolute atomic E-state index is 11.0. The Kier molecular flexibility index (Phi) is 3.03. The summed E-state index contributed by atoms with van der Waals surface area (Å²) in [6, 6.07) is 8.00. The maximum Gasteiger partial charge on any atom is 0.306 e. The molecule has 0 unspecified atom stereocenters. The van der Waals surface area contributed by atoms with Gasteiger partial charge in [0, 0.05) is 23.9 Å². The molecule has 3 rings (SSSR count). The number of carbonyl (C=O) groups is 1. The summed E-state index contributed by atoms with van der Waals surface area (Å²) in [5.41, 5.74) is 0. The van der Waals surface area contributed by atoms with E-state index in [1.807, 2.05) is 24.3 Å². The molecule has 19 heavy (non-hydrogen) atoms. The number of rotatable bonds is 2. The van der Waals surface area contributed by atoms with Gasteiger partial charge in [-0.3, -0.25) is 4.79 Å². The molecule has 1 aromatic carbocycles. The second-order valence-corrected chi connectivity index (χ2v) is 4.85. The molecule has 1 saturated heterocycles. The van der Waals surface area contributed by atoms with Crippen LogP contribution in [0.5, 0.6) is 0 Å². The normalized spacial score (nSPS) is 16.7. The summed E-state index contributed by atoms with van der Waals surface area (Å²) < 4.78 is 0. The average molecular weight is 257 g/mol. The van der Waals surface area contributed by atoms with Crippen molar-refractivity contribution in [3.05, 3.63) is 30.5 Å². The van der Waals surface area contributed by atoms with Crippen LogP contribution in [0, 0.1) is 5.92 Å². The van der Waals surface area contributed by atoms with E-state index in [1.165, 1.54) is 0 Å². The molecule has 1 aliphatic heterocycles. The molecule has 0 spiro atoms.